The van der Waals surface area contributed by atoms with E-state index in [4.69, 9.17) is 0 Å². The fourth-order valence-corrected chi connectivity index (χ4v) is 4.21. The number of aryl methyl sites for hydroxylation is 2. The van der Waals surface area contributed by atoms with Crippen molar-refractivity contribution >= 4 is 0 Å². The van der Waals surface area contributed by atoms with Crippen molar-refractivity contribution in [2.45, 2.75) is 96.8 Å². The van der Waals surface area contributed by atoms with Gasteiger partial charge in [0.05, 0.1) is 0 Å². The minimum absolute atomic E-state index is 0.866. The Morgan fingerprint density at radius 2 is 0.929 bits per heavy atom. The molecule has 28 heavy (non-hydrogen) atoms. The molecule has 154 valence electrons. The van der Waals surface area contributed by atoms with Gasteiger partial charge in [0, 0.05) is 0 Å². The van der Waals surface area contributed by atoms with Crippen molar-refractivity contribution in [3.63, 3.8) is 0 Å². The topological polar surface area (TPSA) is 0 Å². The molecule has 0 saturated carbocycles. The van der Waals surface area contributed by atoms with E-state index < -0.39 is 0 Å². The van der Waals surface area contributed by atoms with E-state index >= 15 is 0 Å². The summed E-state index contributed by atoms with van der Waals surface area (Å²) in [7, 11) is 0. The Hall–Kier alpha value is -1.56. The summed E-state index contributed by atoms with van der Waals surface area (Å²) in [5.74, 6) is 0.866. The standard InChI is InChI=1S/C28H42/c1-2-3-4-5-6-7-8-9-12-21-28(24-22-26-17-13-10-14-18-26)25-23-27-19-15-11-16-20-27/h10-11,13-20,28H,2-9,12,21-25H2,1H3. The van der Waals surface area contributed by atoms with Crippen molar-refractivity contribution < 1.29 is 0 Å². The molecule has 0 aliphatic rings. The van der Waals surface area contributed by atoms with Gasteiger partial charge in [0.15, 0.2) is 0 Å². The third-order valence-electron chi connectivity index (χ3n) is 6.08. The molecule has 0 saturated heterocycles. The van der Waals surface area contributed by atoms with Gasteiger partial charge in [-0.15, -0.1) is 0 Å². The van der Waals surface area contributed by atoms with Crippen LogP contribution in [0.4, 0.5) is 0 Å². The summed E-state index contributed by atoms with van der Waals surface area (Å²) in [6.07, 6.45) is 19.4. The van der Waals surface area contributed by atoms with Crippen molar-refractivity contribution in [1.29, 1.82) is 0 Å². The number of unbranched alkanes of at least 4 members (excludes halogenated alkanes) is 8. The Bertz CT molecular complexity index is 528. The molecule has 0 heterocycles. The summed E-state index contributed by atoms with van der Waals surface area (Å²) in [5, 5.41) is 0. The van der Waals surface area contributed by atoms with E-state index in [1.165, 1.54) is 101 Å². The molecule has 0 radical (unpaired) electrons. The van der Waals surface area contributed by atoms with Crippen LogP contribution >= 0.6 is 0 Å². The summed E-state index contributed by atoms with van der Waals surface area (Å²) in [4.78, 5) is 0. The Morgan fingerprint density at radius 3 is 1.39 bits per heavy atom. The van der Waals surface area contributed by atoms with E-state index in [9.17, 15) is 0 Å². The lowest BCUT2D eigenvalue weighted by Crippen LogP contribution is -2.05. The second kappa shape index (κ2) is 15.4. The van der Waals surface area contributed by atoms with Gasteiger partial charge >= 0.3 is 0 Å². The van der Waals surface area contributed by atoms with Gasteiger partial charge in [0.1, 0.15) is 0 Å². The first-order valence-electron chi connectivity index (χ1n) is 12.0. The second-order valence-corrected chi connectivity index (χ2v) is 8.53. The van der Waals surface area contributed by atoms with Crippen LogP contribution in [0.3, 0.4) is 0 Å². The zero-order valence-electron chi connectivity index (χ0n) is 18.3. The predicted molar refractivity (Wildman–Crippen MR) is 125 cm³/mol. The summed E-state index contributed by atoms with van der Waals surface area (Å²) in [6.45, 7) is 2.30. The molecule has 0 amide bonds. The summed E-state index contributed by atoms with van der Waals surface area (Å²) >= 11 is 0. The van der Waals surface area contributed by atoms with Crippen LogP contribution in [0.5, 0.6) is 0 Å². The van der Waals surface area contributed by atoms with E-state index in [2.05, 4.69) is 67.6 Å². The molecule has 0 spiro atoms. The first-order valence-corrected chi connectivity index (χ1v) is 12.0. The number of hydrogen-bond donors (Lipinski definition) is 0. The molecular formula is C28H42. The highest BCUT2D eigenvalue weighted by Crippen LogP contribution is 2.23. The maximum Gasteiger partial charge on any atom is -0.0276 e. The van der Waals surface area contributed by atoms with Crippen LogP contribution in [0.2, 0.25) is 0 Å². The highest BCUT2D eigenvalue weighted by molar-refractivity contribution is 5.15. The average Bonchev–Trinajstić information content (AvgIpc) is 2.75. The molecule has 0 fully saturated rings. The minimum Gasteiger partial charge on any atom is -0.0654 e. The van der Waals surface area contributed by atoms with Crippen LogP contribution in [-0.4, -0.2) is 0 Å². The molecule has 0 heteroatoms. The minimum atomic E-state index is 0.866. The molecule has 0 aromatic heterocycles. The lowest BCUT2D eigenvalue weighted by Gasteiger charge is -2.17. The van der Waals surface area contributed by atoms with Crippen LogP contribution in [0, 0.1) is 5.92 Å². The smallest absolute Gasteiger partial charge is 0.0276 e. The largest absolute Gasteiger partial charge is 0.0654 e. The van der Waals surface area contributed by atoms with Gasteiger partial charge in [0.2, 0.25) is 0 Å². The number of benzene rings is 2. The Kier molecular flexibility index (Phi) is 12.5. The van der Waals surface area contributed by atoms with Crippen LogP contribution in [0.15, 0.2) is 60.7 Å². The molecule has 0 nitrogen and oxygen atoms in total. The normalized spacial score (nSPS) is 11.2. The van der Waals surface area contributed by atoms with E-state index in [1.54, 1.807) is 0 Å². The molecule has 0 aliphatic carbocycles. The lowest BCUT2D eigenvalue weighted by atomic mass is 9.88. The van der Waals surface area contributed by atoms with Crippen LogP contribution in [0.25, 0.3) is 0 Å². The molecule has 2 aromatic carbocycles. The zero-order valence-corrected chi connectivity index (χ0v) is 18.3. The maximum absolute atomic E-state index is 2.30. The Morgan fingerprint density at radius 1 is 0.500 bits per heavy atom. The first kappa shape index (κ1) is 22.7. The van der Waals surface area contributed by atoms with Crippen molar-refractivity contribution in [3.05, 3.63) is 71.8 Å². The molecule has 2 rings (SSSR count). The van der Waals surface area contributed by atoms with Crippen molar-refractivity contribution in [1.82, 2.24) is 0 Å². The average molecular weight is 379 g/mol. The van der Waals surface area contributed by atoms with Gasteiger partial charge in [-0.05, 0) is 42.7 Å². The maximum atomic E-state index is 2.30. The highest BCUT2D eigenvalue weighted by Gasteiger charge is 2.10. The Labute approximate surface area is 174 Å². The summed E-state index contributed by atoms with van der Waals surface area (Å²) < 4.78 is 0. The highest BCUT2D eigenvalue weighted by atomic mass is 14.2. The van der Waals surface area contributed by atoms with Gasteiger partial charge < -0.3 is 0 Å². The third kappa shape index (κ3) is 10.7. The van der Waals surface area contributed by atoms with Crippen LogP contribution in [0.1, 0.15) is 95.1 Å². The van der Waals surface area contributed by atoms with Gasteiger partial charge in [-0.3, -0.25) is 0 Å². The molecule has 0 bridgehead atoms. The van der Waals surface area contributed by atoms with Crippen molar-refractivity contribution in [3.8, 4) is 0 Å². The molecular weight excluding hydrogens is 336 g/mol. The van der Waals surface area contributed by atoms with Gasteiger partial charge in [-0.25, -0.2) is 0 Å². The quantitative estimate of drug-likeness (QED) is 0.256. The second-order valence-electron chi connectivity index (χ2n) is 8.53. The van der Waals surface area contributed by atoms with Gasteiger partial charge in [-0.1, -0.05) is 132 Å². The Balaban J connectivity index is 1.66. The van der Waals surface area contributed by atoms with Gasteiger partial charge in [-0.2, -0.15) is 0 Å². The fourth-order valence-electron chi connectivity index (χ4n) is 4.21. The monoisotopic (exact) mass is 378 g/mol. The van der Waals surface area contributed by atoms with Crippen molar-refractivity contribution in [2.24, 2.45) is 5.92 Å². The van der Waals surface area contributed by atoms with E-state index in [1.807, 2.05) is 0 Å². The zero-order chi connectivity index (χ0) is 19.7. The lowest BCUT2D eigenvalue weighted by molar-refractivity contribution is 0.398. The first-order chi connectivity index (χ1) is 13.9. The molecule has 0 aliphatic heterocycles. The molecule has 0 N–H and O–H groups in total. The predicted octanol–water partition coefficient (Wildman–Crippen LogP) is 8.79. The van der Waals surface area contributed by atoms with Crippen molar-refractivity contribution in [2.75, 3.05) is 0 Å². The number of hydrogen-bond acceptors (Lipinski definition) is 0. The van der Waals surface area contributed by atoms with E-state index in [0.29, 0.717) is 0 Å². The number of rotatable bonds is 16. The van der Waals surface area contributed by atoms with E-state index in [-0.39, 0.29) is 0 Å². The summed E-state index contributed by atoms with van der Waals surface area (Å²) in [5.41, 5.74) is 3.00. The molecule has 0 atom stereocenters. The SMILES string of the molecule is CCCCCCCCCCCC(CCc1ccccc1)CCc1ccccc1. The fraction of sp³-hybridized carbons (Fsp3) is 0.571. The third-order valence-corrected chi connectivity index (χ3v) is 6.08. The molecule has 0 unspecified atom stereocenters. The van der Waals surface area contributed by atoms with Crippen LogP contribution < -0.4 is 0 Å². The summed E-state index contributed by atoms with van der Waals surface area (Å²) in [6, 6.07) is 22.1. The van der Waals surface area contributed by atoms with Crippen LogP contribution in [-0.2, 0) is 12.8 Å². The van der Waals surface area contributed by atoms with Gasteiger partial charge in [0.25, 0.3) is 0 Å². The molecule has 2 aromatic rings. The van der Waals surface area contributed by atoms with E-state index in [0.717, 1.165) is 5.92 Å².